The molecule has 1 aromatic carbocycles. The van der Waals surface area contributed by atoms with Gasteiger partial charge in [0.1, 0.15) is 5.84 Å². The predicted molar refractivity (Wildman–Crippen MR) is 63.6 cm³/mol. The summed E-state index contributed by atoms with van der Waals surface area (Å²) in [5, 5.41) is 0. The van der Waals surface area contributed by atoms with Crippen molar-refractivity contribution in [3.05, 3.63) is 60.4 Å². The number of hydrogen-bond acceptors (Lipinski definition) is 2. The number of rotatable bonds is 2. The molecule has 0 unspecified atom stereocenters. The SMILES string of the molecule is CCN1C=CC=CN=C1c1ccccc1. The second kappa shape index (κ2) is 4.60. The van der Waals surface area contributed by atoms with Crippen molar-refractivity contribution >= 4 is 5.84 Å². The average Bonchev–Trinajstić information content (AvgIpc) is 2.55. The molecule has 0 saturated carbocycles. The zero-order chi connectivity index (χ0) is 10.5. The Morgan fingerprint density at radius 2 is 1.93 bits per heavy atom. The fraction of sp³-hybridized carbons (Fsp3) is 0.154. The quantitative estimate of drug-likeness (QED) is 0.713. The van der Waals surface area contributed by atoms with E-state index in [0.29, 0.717) is 0 Å². The van der Waals surface area contributed by atoms with Crippen molar-refractivity contribution in [2.24, 2.45) is 4.99 Å². The molecule has 1 aromatic rings. The maximum atomic E-state index is 4.45. The van der Waals surface area contributed by atoms with Gasteiger partial charge >= 0.3 is 0 Å². The highest BCUT2D eigenvalue weighted by Crippen LogP contribution is 2.09. The third-order valence-electron chi connectivity index (χ3n) is 2.30. The van der Waals surface area contributed by atoms with E-state index in [4.69, 9.17) is 0 Å². The molecular formula is C13H14N2. The fourth-order valence-corrected chi connectivity index (χ4v) is 1.54. The van der Waals surface area contributed by atoms with Crippen LogP contribution in [-0.4, -0.2) is 17.3 Å². The fourth-order valence-electron chi connectivity index (χ4n) is 1.54. The molecule has 0 saturated heterocycles. The summed E-state index contributed by atoms with van der Waals surface area (Å²) in [7, 11) is 0. The van der Waals surface area contributed by atoms with Crippen LogP contribution in [0.4, 0.5) is 0 Å². The molecule has 0 spiro atoms. The molecule has 1 aliphatic heterocycles. The van der Waals surface area contributed by atoms with Crippen LogP contribution in [0.15, 0.2) is 59.9 Å². The topological polar surface area (TPSA) is 15.6 Å². The molecule has 0 amide bonds. The zero-order valence-corrected chi connectivity index (χ0v) is 8.80. The van der Waals surface area contributed by atoms with E-state index >= 15 is 0 Å². The van der Waals surface area contributed by atoms with Crippen molar-refractivity contribution in [3.8, 4) is 0 Å². The van der Waals surface area contributed by atoms with Crippen LogP contribution in [0.25, 0.3) is 0 Å². The van der Waals surface area contributed by atoms with E-state index < -0.39 is 0 Å². The highest BCUT2D eigenvalue weighted by Gasteiger charge is 2.08. The Kier molecular flexibility index (Phi) is 2.98. The van der Waals surface area contributed by atoms with Crippen LogP contribution in [0.3, 0.4) is 0 Å². The first-order valence-corrected chi connectivity index (χ1v) is 5.15. The molecule has 2 heteroatoms. The molecule has 1 aliphatic rings. The number of allylic oxidation sites excluding steroid dienone is 2. The lowest BCUT2D eigenvalue weighted by molar-refractivity contribution is 0.592. The number of benzene rings is 1. The van der Waals surface area contributed by atoms with Gasteiger partial charge in [-0.2, -0.15) is 0 Å². The van der Waals surface area contributed by atoms with E-state index in [2.05, 4.69) is 35.1 Å². The van der Waals surface area contributed by atoms with Crippen molar-refractivity contribution in [2.45, 2.75) is 6.92 Å². The Balaban J connectivity index is 2.38. The average molecular weight is 198 g/mol. The summed E-state index contributed by atoms with van der Waals surface area (Å²) in [6.45, 7) is 3.04. The lowest BCUT2D eigenvalue weighted by atomic mass is 10.2. The molecule has 2 rings (SSSR count). The highest BCUT2D eigenvalue weighted by molar-refractivity contribution is 5.99. The second-order valence-corrected chi connectivity index (χ2v) is 3.29. The maximum Gasteiger partial charge on any atom is 0.139 e. The van der Waals surface area contributed by atoms with Gasteiger partial charge in [-0.15, -0.1) is 0 Å². The van der Waals surface area contributed by atoms with Crippen LogP contribution >= 0.6 is 0 Å². The van der Waals surface area contributed by atoms with E-state index in [1.807, 2.05) is 36.6 Å². The third-order valence-corrected chi connectivity index (χ3v) is 2.30. The molecule has 0 atom stereocenters. The van der Waals surface area contributed by atoms with Gasteiger partial charge in [0.15, 0.2) is 0 Å². The van der Waals surface area contributed by atoms with E-state index in [0.717, 1.165) is 17.9 Å². The standard InChI is InChI=1S/C13H14N2/c1-2-15-11-7-6-10-14-13(15)12-8-4-3-5-9-12/h3-11H,2H2,1H3. The Morgan fingerprint density at radius 1 is 1.13 bits per heavy atom. The van der Waals surface area contributed by atoms with Crippen LogP contribution in [0, 0.1) is 0 Å². The largest absolute Gasteiger partial charge is 0.333 e. The van der Waals surface area contributed by atoms with Gasteiger partial charge in [-0.05, 0) is 19.1 Å². The van der Waals surface area contributed by atoms with Crippen molar-refractivity contribution in [1.82, 2.24) is 4.90 Å². The Hall–Kier alpha value is -1.83. The van der Waals surface area contributed by atoms with Crippen molar-refractivity contribution in [1.29, 1.82) is 0 Å². The first-order chi connectivity index (χ1) is 7.42. The van der Waals surface area contributed by atoms with Crippen molar-refractivity contribution in [2.75, 3.05) is 6.54 Å². The van der Waals surface area contributed by atoms with E-state index in [1.54, 1.807) is 0 Å². The molecule has 0 aromatic heterocycles. The van der Waals surface area contributed by atoms with E-state index in [1.165, 1.54) is 0 Å². The summed E-state index contributed by atoms with van der Waals surface area (Å²) in [5.74, 6) is 1.00. The normalized spacial score (nSPS) is 15.0. The van der Waals surface area contributed by atoms with Gasteiger partial charge in [0, 0.05) is 24.5 Å². The first kappa shape index (κ1) is 9.71. The third kappa shape index (κ3) is 2.15. The van der Waals surface area contributed by atoms with Gasteiger partial charge in [0.2, 0.25) is 0 Å². The van der Waals surface area contributed by atoms with Crippen LogP contribution in [-0.2, 0) is 0 Å². The molecule has 0 N–H and O–H groups in total. The summed E-state index contributed by atoms with van der Waals surface area (Å²) in [6.07, 6.45) is 7.82. The second-order valence-electron chi connectivity index (χ2n) is 3.29. The lowest BCUT2D eigenvalue weighted by Crippen LogP contribution is -2.25. The molecule has 2 nitrogen and oxygen atoms in total. The minimum Gasteiger partial charge on any atom is -0.333 e. The van der Waals surface area contributed by atoms with E-state index in [-0.39, 0.29) is 0 Å². The maximum absolute atomic E-state index is 4.45. The summed E-state index contributed by atoms with van der Waals surface area (Å²) < 4.78 is 0. The monoisotopic (exact) mass is 198 g/mol. The number of aliphatic imine (C=N–C) groups is 1. The van der Waals surface area contributed by atoms with Gasteiger partial charge in [-0.3, -0.25) is 0 Å². The van der Waals surface area contributed by atoms with Crippen LogP contribution in [0.5, 0.6) is 0 Å². The minimum absolute atomic E-state index is 0.923. The summed E-state index contributed by atoms with van der Waals surface area (Å²) in [4.78, 5) is 6.58. The molecule has 0 radical (unpaired) electrons. The summed E-state index contributed by atoms with van der Waals surface area (Å²) in [6, 6.07) is 10.2. The summed E-state index contributed by atoms with van der Waals surface area (Å²) >= 11 is 0. The van der Waals surface area contributed by atoms with Crippen LogP contribution < -0.4 is 0 Å². The molecule has 1 heterocycles. The lowest BCUT2D eigenvalue weighted by Gasteiger charge is -2.19. The van der Waals surface area contributed by atoms with Gasteiger partial charge in [0.05, 0.1) is 0 Å². The molecular weight excluding hydrogens is 184 g/mol. The van der Waals surface area contributed by atoms with Gasteiger partial charge in [0.25, 0.3) is 0 Å². The van der Waals surface area contributed by atoms with Gasteiger partial charge in [-0.1, -0.05) is 30.3 Å². The summed E-state index contributed by atoms with van der Waals surface area (Å²) in [5.41, 5.74) is 1.15. The number of hydrogen-bond donors (Lipinski definition) is 0. The number of amidine groups is 1. The highest BCUT2D eigenvalue weighted by atomic mass is 15.2. The minimum atomic E-state index is 0.923. The Bertz CT molecular complexity index is 402. The van der Waals surface area contributed by atoms with E-state index in [9.17, 15) is 0 Å². The van der Waals surface area contributed by atoms with Crippen LogP contribution in [0.1, 0.15) is 12.5 Å². The van der Waals surface area contributed by atoms with Gasteiger partial charge < -0.3 is 4.90 Å². The Morgan fingerprint density at radius 3 is 2.67 bits per heavy atom. The first-order valence-electron chi connectivity index (χ1n) is 5.15. The predicted octanol–water partition coefficient (Wildman–Crippen LogP) is 2.80. The Labute approximate surface area is 90.3 Å². The van der Waals surface area contributed by atoms with Crippen molar-refractivity contribution in [3.63, 3.8) is 0 Å². The smallest absolute Gasteiger partial charge is 0.139 e. The molecule has 0 aliphatic carbocycles. The van der Waals surface area contributed by atoms with Gasteiger partial charge in [-0.25, -0.2) is 4.99 Å². The molecule has 15 heavy (non-hydrogen) atoms. The molecule has 0 bridgehead atoms. The zero-order valence-electron chi connectivity index (χ0n) is 8.80. The number of nitrogens with zero attached hydrogens (tertiary/aromatic N) is 2. The van der Waals surface area contributed by atoms with Crippen LogP contribution in [0.2, 0.25) is 0 Å². The van der Waals surface area contributed by atoms with Crippen molar-refractivity contribution < 1.29 is 0 Å². The molecule has 0 fully saturated rings. The molecule has 76 valence electrons.